The molecule has 1 aliphatic rings. The summed E-state index contributed by atoms with van der Waals surface area (Å²) < 4.78 is 0. The van der Waals surface area contributed by atoms with Gasteiger partial charge in [0.2, 0.25) is 0 Å². The molecule has 0 aromatic heterocycles. The summed E-state index contributed by atoms with van der Waals surface area (Å²) in [6.07, 6.45) is 2.92. The van der Waals surface area contributed by atoms with Gasteiger partial charge in [-0.15, -0.1) is 0 Å². The van der Waals surface area contributed by atoms with Crippen LogP contribution in [0.15, 0.2) is 0 Å². The van der Waals surface area contributed by atoms with E-state index in [1.807, 2.05) is 18.7 Å². The maximum Gasteiger partial charge on any atom is 0.323 e. The number of carboxylic acids is 1. The molecule has 2 unspecified atom stereocenters. The van der Waals surface area contributed by atoms with Gasteiger partial charge < -0.3 is 14.9 Å². The molecule has 1 rings (SSSR count). The Hall–Kier alpha value is -1.26. The van der Waals surface area contributed by atoms with E-state index in [9.17, 15) is 9.59 Å². The number of carbonyl (C=O) groups excluding carboxylic acids is 1. The molecule has 0 aliphatic carbocycles. The van der Waals surface area contributed by atoms with E-state index in [1.54, 1.807) is 0 Å². The Morgan fingerprint density at radius 3 is 2.61 bits per heavy atom. The predicted octanol–water partition coefficient (Wildman–Crippen LogP) is 2.02. The zero-order chi connectivity index (χ0) is 13.7. The van der Waals surface area contributed by atoms with Crippen molar-refractivity contribution in [3.05, 3.63) is 0 Å². The summed E-state index contributed by atoms with van der Waals surface area (Å²) in [5, 5.41) is 8.86. The molecule has 1 N–H and O–H groups in total. The zero-order valence-corrected chi connectivity index (χ0v) is 11.6. The molecule has 1 aliphatic heterocycles. The van der Waals surface area contributed by atoms with Crippen molar-refractivity contribution in [2.75, 3.05) is 19.6 Å². The third kappa shape index (κ3) is 3.62. The molecule has 1 saturated heterocycles. The number of carboxylic acid groups (broad SMARTS) is 1. The first-order valence-electron chi connectivity index (χ1n) is 6.74. The van der Waals surface area contributed by atoms with Crippen LogP contribution in [0.4, 0.5) is 4.79 Å². The molecular formula is C13H24N2O3. The Bertz CT molecular complexity index is 307. The predicted molar refractivity (Wildman–Crippen MR) is 69.5 cm³/mol. The molecule has 1 heterocycles. The monoisotopic (exact) mass is 256 g/mol. The fourth-order valence-electron chi connectivity index (χ4n) is 2.46. The van der Waals surface area contributed by atoms with Crippen molar-refractivity contribution in [1.29, 1.82) is 0 Å². The van der Waals surface area contributed by atoms with E-state index in [1.165, 1.54) is 4.90 Å². The van der Waals surface area contributed by atoms with Gasteiger partial charge in [0.15, 0.2) is 0 Å². The van der Waals surface area contributed by atoms with E-state index in [0.717, 1.165) is 25.8 Å². The second-order valence-electron chi connectivity index (χ2n) is 5.15. The minimum atomic E-state index is -0.950. The van der Waals surface area contributed by atoms with Crippen LogP contribution in [0.25, 0.3) is 0 Å². The molecular weight excluding hydrogens is 232 g/mol. The normalized spacial score (nSPS) is 23.8. The van der Waals surface area contributed by atoms with Crippen LogP contribution in [-0.2, 0) is 4.79 Å². The number of rotatable bonds is 4. The van der Waals surface area contributed by atoms with E-state index < -0.39 is 5.97 Å². The first-order chi connectivity index (χ1) is 8.47. The van der Waals surface area contributed by atoms with Gasteiger partial charge >= 0.3 is 12.0 Å². The largest absolute Gasteiger partial charge is 0.480 e. The lowest BCUT2D eigenvalue weighted by Gasteiger charge is -2.40. The van der Waals surface area contributed by atoms with Crippen LogP contribution in [-0.4, -0.2) is 52.6 Å². The van der Waals surface area contributed by atoms with E-state index in [-0.39, 0.29) is 18.6 Å². The summed E-state index contributed by atoms with van der Waals surface area (Å²) >= 11 is 0. The first-order valence-corrected chi connectivity index (χ1v) is 6.74. The van der Waals surface area contributed by atoms with Gasteiger partial charge in [-0.2, -0.15) is 0 Å². The number of urea groups is 1. The van der Waals surface area contributed by atoms with Gasteiger partial charge in [0.1, 0.15) is 6.54 Å². The maximum absolute atomic E-state index is 12.4. The quantitative estimate of drug-likeness (QED) is 0.837. The molecule has 104 valence electrons. The lowest BCUT2D eigenvalue weighted by molar-refractivity contribution is -0.137. The maximum atomic E-state index is 12.4. The number of amides is 2. The van der Waals surface area contributed by atoms with Crippen molar-refractivity contribution in [1.82, 2.24) is 9.80 Å². The molecule has 0 saturated carbocycles. The van der Waals surface area contributed by atoms with Crippen molar-refractivity contribution < 1.29 is 14.7 Å². The number of nitrogens with zero attached hydrogens (tertiary/aromatic N) is 2. The van der Waals surface area contributed by atoms with Crippen molar-refractivity contribution >= 4 is 12.0 Å². The number of aliphatic carboxylic acids is 1. The van der Waals surface area contributed by atoms with Crippen LogP contribution in [0.3, 0.4) is 0 Å². The summed E-state index contributed by atoms with van der Waals surface area (Å²) in [5.74, 6) is -0.467. The van der Waals surface area contributed by atoms with Crippen molar-refractivity contribution in [3.63, 3.8) is 0 Å². The number of likely N-dealkylation sites (tertiary alicyclic amines) is 1. The molecule has 0 bridgehead atoms. The van der Waals surface area contributed by atoms with Gasteiger partial charge in [0.25, 0.3) is 0 Å². The van der Waals surface area contributed by atoms with Gasteiger partial charge in [-0.1, -0.05) is 13.8 Å². The number of hydrogen-bond acceptors (Lipinski definition) is 2. The smallest absolute Gasteiger partial charge is 0.323 e. The topological polar surface area (TPSA) is 60.9 Å². The highest BCUT2D eigenvalue weighted by Gasteiger charge is 2.31. The third-order valence-electron chi connectivity index (χ3n) is 3.71. The third-order valence-corrected chi connectivity index (χ3v) is 3.71. The fraction of sp³-hybridized carbons (Fsp3) is 0.846. The van der Waals surface area contributed by atoms with Crippen LogP contribution < -0.4 is 0 Å². The lowest BCUT2D eigenvalue weighted by atomic mass is 9.92. The molecule has 0 spiro atoms. The Balaban J connectivity index is 2.71. The van der Waals surface area contributed by atoms with Crippen LogP contribution in [0.5, 0.6) is 0 Å². The Morgan fingerprint density at radius 1 is 1.39 bits per heavy atom. The highest BCUT2D eigenvalue weighted by molar-refractivity contribution is 5.80. The Morgan fingerprint density at radius 2 is 2.06 bits per heavy atom. The highest BCUT2D eigenvalue weighted by atomic mass is 16.4. The molecule has 2 amide bonds. The minimum Gasteiger partial charge on any atom is -0.480 e. The number of hydrogen-bond donors (Lipinski definition) is 1. The van der Waals surface area contributed by atoms with Crippen molar-refractivity contribution in [2.45, 2.75) is 46.1 Å². The number of carbonyl (C=O) groups is 2. The van der Waals surface area contributed by atoms with Gasteiger partial charge in [-0.3, -0.25) is 4.79 Å². The molecule has 1 fully saturated rings. The van der Waals surface area contributed by atoms with Gasteiger partial charge in [-0.05, 0) is 32.1 Å². The summed E-state index contributed by atoms with van der Waals surface area (Å²) in [4.78, 5) is 26.4. The average Bonchev–Trinajstić information content (AvgIpc) is 2.31. The molecule has 0 aromatic carbocycles. The lowest BCUT2D eigenvalue weighted by Crippen LogP contribution is -2.52. The van der Waals surface area contributed by atoms with Gasteiger partial charge in [0, 0.05) is 19.1 Å². The number of piperidine rings is 1. The van der Waals surface area contributed by atoms with E-state index in [4.69, 9.17) is 5.11 Å². The second-order valence-corrected chi connectivity index (χ2v) is 5.15. The first kappa shape index (κ1) is 14.8. The van der Waals surface area contributed by atoms with Crippen LogP contribution >= 0.6 is 0 Å². The highest BCUT2D eigenvalue weighted by Crippen LogP contribution is 2.23. The van der Waals surface area contributed by atoms with E-state index in [0.29, 0.717) is 12.5 Å². The molecule has 5 heteroatoms. The summed E-state index contributed by atoms with van der Waals surface area (Å²) in [5.41, 5.74) is 0. The van der Waals surface area contributed by atoms with E-state index >= 15 is 0 Å². The second kappa shape index (κ2) is 6.61. The van der Waals surface area contributed by atoms with Crippen LogP contribution in [0.1, 0.15) is 40.0 Å². The molecule has 5 nitrogen and oxygen atoms in total. The summed E-state index contributed by atoms with van der Waals surface area (Å²) in [7, 11) is 0. The molecule has 2 atom stereocenters. The van der Waals surface area contributed by atoms with Crippen molar-refractivity contribution in [2.24, 2.45) is 5.92 Å². The van der Waals surface area contributed by atoms with Gasteiger partial charge in [0.05, 0.1) is 0 Å². The molecule has 0 aromatic rings. The zero-order valence-electron chi connectivity index (χ0n) is 11.6. The average molecular weight is 256 g/mol. The van der Waals surface area contributed by atoms with Gasteiger partial charge in [-0.25, -0.2) is 4.79 Å². The Kier molecular flexibility index (Phi) is 5.44. The van der Waals surface area contributed by atoms with Crippen molar-refractivity contribution in [3.8, 4) is 0 Å². The van der Waals surface area contributed by atoms with Crippen LogP contribution in [0, 0.1) is 5.92 Å². The minimum absolute atomic E-state index is 0.127. The van der Waals surface area contributed by atoms with E-state index in [2.05, 4.69) is 6.92 Å². The fourth-order valence-corrected chi connectivity index (χ4v) is 2.46. The summed E-state index contributed by atoms with van der Waals surface area (Å²) in [6.45, 7) is 7.18. The molecule has 0 radical (unpaired) electrons. The standard InChI is InChI=1S/C13H24N2O3/c1-4-7-14(9-12(16)17)13(18)15-8-5-6-10(2)11(15)3/h10-11H,4-9H2,1-3H3,(H,16,17). The molecule has 18 heavy (non-hydrogen) atoms. The van der Waals surface area contributed by atoms with Crippen LogP contribution in [0.2, 0.25) is 0 Å². The Labute approximate surface area is 109 Å². The SMILES string of the molecule is CCCN(CC(=O)O)C(=O)N1CCCC(C)C1C. The summed E-state index contributed by atoms with van der Waals surface area (Å²) in [6, 6.07) is 0.0673.